The standard InChI is InChI=1S/C2H6Si4/c1-5-3-6(5,2)4-5/h1-2H3. The lowest BCUT2D eigenvalue weighted by Crippen LogP contribution is -2.11. The van der Waals surface area contributed by atoms with Gasteiger partial charge < -0.3 is 0 Å². The molecule has 2 rings (SSSR count). The van der Waals surface area contributed by atoms with Crippen LogP contribution in [0, 0.1) is 0 Å². The van der Waals surface area contributed by atoms with E-state index in [1.807, 2.05) is 0 Å². The Hall–Kier alpha value is 0.868. The second-order valence-corrected chi connectivity index (χ2v) is 40.5. The maximum atomic E-state index is 2.61. The SMILES string of the molecule is C[Si]12[Si][Si]1(C)[Si]2. The highest BCUT2D eigenvalue weighted by Crippen LogP contribution is 2.47. The highest BCUT2D eigenvalue weighted by Gasteiger charge is 2.80. The van der Waals surface area contributed by atoms with E-state index in [4.69, 9.17) is 0 Å². The second kappa shape index (κ2) is 0.629. The van der Waals surface area contributed by atoms with Gasteiger partial charge in [-0.05, 0) is 0 Å². The summed E-state index contributed by atoms with van der Waals surface area (Å²) in [4.78, 5) is 0. The molecule has 6 heavy (non-hydrogen) atoms. The molecule has 0 unspecified atom stereocenters. The second-order valence-electron chi connectivity index (χ2n) is 2.50. The van der Waals surface area contributed by atoms with Crippen LogP contribution in [0.1, 0.15) is 0 Å². The number of hydrogen-bond donors (Lipinski definition) is 0. The monoisotopic (exact) mass is 142 g/mol. The summed E-state index contributed by atoms with van der Waals surface area (Å²) in [6, 6.07) is 0. The van der Waals surface area contributed by atoms with E-state index in [1.54, 1.807) is 17.1 Å². The first-order valence-corrected chi connectivity index (χ1v) is 14.2. The van der Waals surface area contributed by atoms with Gasteiger partial charge in [-0.25, -0.2) is 0 Å². The minimum atomic E-state index is -0.124. The normalized spacial score (nSPS) is 73.0. The van der Waals surface area contributed by atoms with E-state index in [9.17, 15) is 0 Å². The lowest BCUT2D eigenvalue weighted by Gasteiger charge is -1.79. The van der Waals surface area contributed by atoms with Gasteiger partial charge in [0.25, 0.3) is 0 Å². The van der Waals surface area contributed by atoms with Crippen molar-refractivity contribution in [2.45, 2.75) is 13.1 Å². The molecule has 2 saturated heterocycles. The molecule has 0 nitrogen and oxygen atoms in total. The summed E-state index contributed by atoms with van der Waals surface area (Å²) in [5.74, 6) is 0. The van der Waals surface area contributed by atoms with Gasteiger partial charge in [0.2, 0.25) is 0 Å². The minimum Gasteiger partial charge on any atom is -0.0763 e. The third-order valence-corrected chi connectivity index (χ3v) is 66.4. The quantitative estimate of drug-likeness (QED) is 0.406. The topological polar surface area (TPSA) is 0 Å². The van der Waals surface area contributed by atoms with E-state index < -0.39 is 0 Å². The van der Waals surface area contributed by atoms with E-state index in [0.29, 0.717) is 0 Å². The summed E-state index contributed by atoms with van der Waals surface area (Å²) >= 11 is 0. The molecule has 2 aliphatic heterocycles. The Morgan fingerprint density at radius 2 is 1.17 bits per heavy atom. The van der Waals surface area contributed by atoms with E-state index >= 15 is 0 Å². The van der Waals surface area contributed by atoms with Crippen LogP contribution in [0.4, 0.5) is 0 Å². The Labute approximate surface area is 43.9 Å². The van der Waals surface area contributed by atoms with Gasteiger partial charge in [-0.2, -0.15) is 0 Å². The number of rotatable bonds is 0. The zero-order valence-corrected chi connectivity index (χ0v) is 8.00. The molecule has 4 radical (unpaired) electrons. The molecule has 2 heterocycles. The fraction of sp³-hybridized carbons (Fsp3) is 1.00. The summed E-state index contributed by atoms with van der Waals surface area (Å²) in [5, 5.41) is 0. The van der Waals surface area contributed by atoms with Gasteiger partial charge in [0.15, 0.2) is 0 Å². The van der Waals surface area contributed by atoms with Gasteiger partial charge in [0.05, 0.1) is 0 Å². The summed E-state index contributed by atoms with van der Waals surface area (Å²) in [7, 11) is 3.20. The van der Waals surface area contributed by atoms with Crippen LogP contribution < -0.4 is 0 Å². The van der Waals surface area contributed by atoms with Crippen molar-refractivity contribution in [3.63, 3.8) is 0 Å². The van der Waals surface area contributed by atoms with Crippen LogP contribution in [0.25, 0.3) is 0 Å². The summed E-state index contributed by atoms with van der Waals surface area (Å²) in [6.45, 7) is 4.97. The van der Waals surface area contributed by atoms with Crippen molar-refractivity contribution in [1.29, 1.82) is 0 Å². The zero-order chi connectivity index (χ0) is 4.41. The molecule has 0 saturated carbocycles. The van der Waals surface area contributed by atoms with Gasteiger partial charge >= 0.3 is 0 Å². The third kappa shape index (κ3) is 0.228. The molecule has 0 atom stereocenters. The van der Waals surface area contributed by atoms with Crippen LogP contribution in [0.15, 0.2) is 0 Å². The summed E-state index contributed by atoms with van der Waals surface area (Å²) in [5.41, 5.74) is 0. The molecule has 2 fully saturated rings. The Balaban J connectivity index is 2.34. The predicted molar refractivity (Wildman–Crippen MR) is 34.7 cm³/mol. The highest BCUT2D eigenvalue weighted by atomic mass is 30.7. The fourth-order valence-electron chi connectivity index (χ4n) is 0.938. The summed E-state index contributed by atoms with van der Waals surface area (Å²) in [6.07, 6.45) is 0. The predicted octanol–water partition coefficient (Wildman–Crippen LogP) is -0.356. The average Bonchev–Trinajstić information content (AvgIpc) is 1.78. The fourth-order valence-corrected chi connectivity index (χ4v) is 82.7. The first kappa shape index (κ1) is 3.82. The van der Waals surface area contributed by atoms with Crippen LogP contribution in [0.3, 0.4) is 0 Å². The lowest BCUT2D eigenvalue weighted by atomic mass is 11.9. The van der Waals surface area contributed by atoms with Crippen LogP contribution >= 0.6 is 0 Å². The van der Waals surface area contributed by atoms with Crippen LogP contribution in [0.2, 0.25) is 13.1 Å². The Bertz CT molecular complexity index is 90.1. The van der Waals surface area contributed by atoms with Crippen molar-refractivity contribution >= 4 is 30.4 Å². The molecule has 0 aliphatic carbocycles. The lowest BCUT2D eigenvalue weighted by molar-refractivity contribution is 2.29. The Kier molecular flexibility index (Phi) is 0.400. The Morgan fingerprint density at radius 3 is 1.17 bits per heavy atom. The molecular weight excluding hydrogens is 136 g/mol. The molecule has 0 amide bonds. The molecule has 0 aromatic heterocycles. The van der Waals surface area contributed by atoms with Crippen molar-refractivity contribution < 1.29 is 0 Å². The average molecular weight is 142 g/mol. The van der Waals surface area contributed by atoms with Crippen LogP contribution in [-0.2, 0) is 0 Å². The molecule has 4 heteroatoms. The van der Waals surface area contributed by atoms with Crippen molar-refractivity contribution in [3.8, 4) is 0 Å². The number of hydrogen-bond acceptors (Lipinski definition) is 0. The molecule has 0 N–H and O–H groups in total. The van der Waals surface area contributed by atoms with Crippen molar-refractivity contribution in [2.75, 3.05) is 0 Å². The molecule has 0 spiro atoms. The Morgan fingerprint density at radius 1 is 1.00 bits per heavy atom. The molecule has 0 bridgehead atoms. The van der Waals surface area contributed by atoms with Crippen LogP contribution in [-0.4, -0.2) is 30.4 Å². The van der Waals surface area contributed by atoms with Gasteiger partial charge in [0, 0.05) is 30.4 Å². The zero-order valence-electron chi connectivity index (χ0n) is 4.00. The van der Waals surface area contributed by atoms with Crippen molar-refractivity contribution in [1.82, 2.24) is 0 Å². The van der Waals surface area contributed by atoms with Gasteiger partial charge in [-0.1, -0.05) is 13.1 Å². The minimum absolute atomic E-state index is 0.124. The maximum Gasteiger partial charge on any atom is 0.0118 e. The van der Waals surface area contributed by atoms with Crippen LogP contribution in [0.5, 0.6) is 0 Å². The highest BCUT2D eigenvalue weighted by molar-refractivity contribution is 8.43. The third-order valence-electron chi connectivity index (χ3n) is 1.88. The van der Waals surface area contributed by atoms with E-state index in [1.165, 1.54) is 0 Å². The van der Waals surface area contributed by atoms with Gasteiger partial charge in [0.1, 0.15) is 0 Å². The van der Waals surface area contributed by atoms with E-state index in [0.717, 1.165) is 0 Å². The molecular formula is C2H6Si4. The molecule has 0 aromatic carbocycles. The first-order chi connectivity index (χ1) is 2.66. The van der Waals surface area contributed by atoms with Gasteiger partial charge in [-0.3, -0.25) is 0 Å². The van der Waals surface area contributed by atoms with Gasteiger partial charge in [-0.15, -0.1) is 0 Å². The van der Waals surface area contributed by atoms with E-state index in [2.05, 4.69) is 13.1 Å². The molecule has 2 aliphatic rings. The first-order valence-electron chi connectivity index (χ1n) is 2.25. The summed E-state index contributed by atoms with van der Waals surface area (Å²) < 4.78 is 0. The maximum absolute atomic E-state index is 2.61. The van der Waals surface area contributed by atoms with Crippen molar-refractivity contribution in [2.24, 2.45) is 0 Å². The van der Waals surface area contributed by atoms with E-state index in [-0.39, 0.29) is 13.3 Å². The molecule has 30 valence electrons. The van der Waals surface area contributed by atoms with Crippen molar-refractivity contribution in [3.05, 3.63) is 0 Å². The largest absolute Gasteiger partial charge is 0.0763 e. The smallest absolute Gasteiger partial charge is 0.0118 e. The number of fused-ring (bicyclic) bond motifs is 1. The molecule has 0 aromatic rings.